The first kappa shape index (κ1) is 9.25. The molecule has 0 saturated carbocycles. The number of unbranched alkanes of at least 4 members (excludes halogenated alkanes) is 1. The van der Waals surface area contributed by atoms with Gasteiger partial charge in [-0.3, -0.25) is 4.79 Å². The van der Waals surface area contributed by atoms with Crippen molar-refractivity contribution in [2.24, 2.45) is 0 Å². The van der Waals surface area contributed by atoms with Crippen LogP contribution in [0.15, 0.2) is 0 Å². The van der Waals surface area contributed by atoms with Crippen LogP contribution in [0.4, 0.5) is 0 Å². The van der Waals surface area contributed by atoms with Crippen molar-refractivity contribution < 1.29 is 4.79 Å². The predicted octanol–water partition coefficient (Wildman–Crippen LogP) is 2.46. The first-order valence-corrected chi connectivity index (χ1v) is 3.65. The summed E-state index contributed by atoms with van der Waals surface area (Å²) in [5.41, 5.74) is 0. The molecule has 0 atom stereocenters. The molecule has 0 aliphatic rings. The van der Waals surface area contributed by atoms with Crippen molar-refractivity contribution in [2.45, 2.75) is 30.5 Å². The fraction of sp³-hybridized carbons (Fsp3) is 0.833. The Bertz CT molecular complexity index is 91.1. The summed E-state index contributed by atoms with van der Waals surface area (Å²) in [6.07, 6.45) is 3.91. The Kier molecular flexibility index (Phi) is 4.24. The molecule has 1 nitrogen and oxygen atoms in total. The molecule has 0 rings (SSSR count). The molecule has 1 radical (unpaired) electrons. The van der Waals surface area contributed by atoms with Crippen molar-refractivity contribution in [3.05, 3.63) is 0 Å². The van der Waals surface area contributed by atoms with Crippen LogP contribution in [-0.4, -0.2) is 10.6 Å². The second-order valence-electron chi connectivity index (χ2n) is 1.91. The quantitative estimate of drug-likeness (QED) is 0.589. The summed E-state index contributed by atoms with van der Waals surface area (Å²) in [5.74, 6) is 0. The molecule has 0 fully saturated rings. The van der Waals surface area contributed by atoms with E-state index in [4.69, 9.17) is 23.2 Å². The number of hydrogen-bond donors (Lipinski definition) is 0. The van der Waals surface area contributed by atoms with E-state index >= 15 is 0 Å². The number of rotatable bonds is 4. The number of halogens is 2. The highest BCUT2D eigenvalue weighted by atomic mass is 35.5. The molecule has 53 valence electrons. The van der Waals surface area contributed by atoms with Gasteiger partial charge in [-0.15, -0.1) is 0 Å². The number of alkyl halides is 2. The average Bonchev–Trinajstić information content (AvgIpc) is 1.84. The van der Waals surface area contributed by atoms with E-state index in [1.807, 2.05) is 6.92 Å². The monoisotopic (exact) mass is 167 g/mol. The van der Waals surface area contributed by atoms with Gasteiger partial charge in [-0.1, -0.05) is 43.0 Å². The van der Waals surface area contributed by atoms with Crippen molar-refractivity contribution in [1.29, 1.82) is 0 Å². The van der Waals surface area contributed by atoms with Gasteiger partial charge in [0.25, 0.3) is 0 Å². The molecular weight excluding hydrogens is 159 g/mol. The summed E-state index contributed by atoms with van der Waals surface area (Å²) in [7, 11) is 0. The second kappa shape index (κ2) is 4.13. The highest BCUT2D eigenvalue weighted by Crippen LogP contribution is 2.24. The Morgan fingerprint density at radius 2 is 2.11 bits per heavy atom. The molecule has 0 N–H and O–H groups in total. The topological polar surface area (TPSA) is 17.1 Å². The molecule has 9 heavy (non-hydrogen) atoms. The molecule has 0 aromatic heterocycles. The summed E-state index contributed by atoms with van der Waals surface area (Å²) in [6.45, 7) is 2.01. The van der Waals surface area contributed by atoms with Crippen LogP contribution < -0.4 is 0 Å². The predicted molar refractivity (Wildman–Crippen MR) is 39.7 cm³/mol. The molecular formula is C6H9Cl2O. The first-order valence-electron chi connectivity index (χ1n) is 2.89. The Balaban J connectivity index is 3.45. The third-order valence-corrected chi connectivity index (χ3v) is 1.53. The minimum atomic E-state index is -1.27. The van der Waals surface area contributed by atoms with Crippen LogP contribution >= 0.6 is 23.2 Å². The maximum atomic E-state index is 9.94. The molecule has 0 amide bonds. The molecule has 0 saturated heterocycles. The molecule has 0 aromatic carbocycles. The zero-order chi connectivity index (χ0) is 7.33. The number of carbonyl (C=O) groups excluding carboxylic acids is 1. The normalized spacial score (nSPS) is 11.4. The van der Waals surface area contributed by atoms with Crippen LogP contribution in [0.2, 0.25) is 0 Å². The second-order valence-corrected chi connectivity index (χ2v) is 3.39. The van der Waals surface area contributed by atoms with Gasteiger partial charge in [-0.05, 0) is 6.42 Å². The Labute approximate surface area is 65.3 Å². The Morgan fingerprint density at radius 1 is 1.56 bits per heavy atom. The lowest BCUT2D eigenvalue weighted by molar-refractivity contribution is 0.541. The van der Waals surface area contributed by atoms with E-state index in [-0.39, 0.29) is 0 Å². The Hall–Kier alpha value is 0.250. The molecule has 0 spiro atoms. The van der Waals surface area contributed by atoms with Crippen LogP contribution in [0.3, 0.4) is 0 Å². The largest absolute Gasteiger partial charge is 0.287 e. The summed E-state index contributed by atoms with van der Waals surface area (Å²) in [6, 6.07) is 0. The van der Waals surface area contributed by atoms with Crippen LogP contribution in [0, 0.1) is 0 Å². The summed E-state index contributed by atoms with van der Waals surface area (Å²) in [5, 5.41) is 0. The van der Waals surface area contributed by atoms with E-state index in [0.717, 1.165) is 12.8 Å². The highest BCUT2D eigenvalue weighted by Gasteiger charge is 2.22. The molecule has 0 heterocycles. The van der Waals surface area contributed by atoms with Crippen molar-refractivity contribution in [3.8, 4) is 0 Å². The smallest absolute Gasteiger partial charge is 0.237 e. The zero-order valence-corrected chi connectivity index (χ0v) is 6.80. The molecule has 3 heteroatoms. The molecule has 0 aliphatic heterocycles. The third-order valence-electron chi connectivity index (χ3n) is 0.994. The molecule has 0 aliphatic carbocycles. The first-order chi connectivity index (χ1) is 4.12. The number of hydrogen-bond acceptors (Lipinski definition) is 1. The van der Waals surface area contributed by atoms with Gasteiger partial charge in [0, 0.05) is 0 Å². The summed E-state index contributed by atoms with van der Waals surface area (Å²) >= 11 is 10.9. The third kappa shape index (κ3) is 4.73. The van der Waals surface area contributed by atoms with Crippen molar-refractivity contribution in [2.75, 3.05) is 0 Å². The van der Waals surface area contributed by atoms with Crippen molar-refractivity contribution >= 4 is 29.5 Å². The highest BCUT2D eigenvalue weighted by molar-refractivity contribution is 6.55. The minimum Gasteiger partial charge on any atom is -0.287 e. The fourth-order valence-electron chi connectivity index (χ4n) is 0.450. The van der Waals surface area contributed by atoms with Gasteiger partial charge in [0.1, 0.15) is 0 Å². The van der Waals surface area contributed by atoms with E-state index < -0.39 is 4.33 Å². The van der Waals surface area contributed by atoms with Gasteiger partial charge in [0.15, 0.2) is 4.33 Å². The van der Waals surface area contributed by atoms with E-state index in [1.165, 1.54) is 0 Å². The van der Waals surface area contributed by atoms with Crippen molar-refractivity contribution in [1.82, 2.24) is 0 Å². The van der Waals surface area contributed by atoms with Crippen LogP contribution in [-0.2, 0) is 4.79 Å². The van der Waals surface area contributed by atoms with E-state index in [2.05, 4.69) is 0 Å². The standard InChI is InChI=1S/C6H9Cl2O/c1-2-3-4-6(7,8)5-9/h2-4H2,1H3. The fourth-order valence-corrected chi connectivity index (χ4v) is 0.717. The minimum absolute atomic E-state index is 0.496. The van der Waals surface area contributed by atoms with Gasteiger partial charge >= 0.3 is 0 Å². The molecule has 0 aromatic rings. The SMILES string of the molecule is CCCCC(Cl)(Cl)[C]=O. The van der Waals surface area contributed by atoms with Gasteiger partial charge < -0.3 is 0 Å². The average molecular weight is 168 g/mol. The lowest BCUT2D eigenvalue weighted by Crippen LogP contribution is -2.13. The van der Waals surface area contributed by atoms with Gasteiger partial charge in [0.05, 0.1) is 0 Å². The van der Waals surface area contributed by atoms with E-state index in [0.29, 0.717) is 6.42 Å². The van der Waals surface area contributed by atoms with Gasteiger partial charge in [0.2, 0.25) is 6.29 Å². The lowest BCUT2D eigenvalue weighted by Gasteiger charge is -2.07. The van der Waals surface area contributed by atoms with Crippen LogP contribution in [0.25, 0.3) is 0 Å². The zero-order valence-electron chi connectivity index (χ0n) is 5.29. The van der Waals surface area contributed by atoms with Gasteiger partial charge in [-0.2, -0.15) is 0 Å². The maximum Gasteiger partial charge on any atom is 0.237 e. The molecule has 0 unspecified atom stereocenters. The van der Waals surface area contributed by atoms with E-state index in [9.17, 15) is 4.79 Å². The Morgan fingerprint density at radius 3 is 2.44 bits per heavy atom. The van der Waals surface area contributed by atoms with E-state index in [1.54, 1.807) is 6.29 Å². The summed E-state index contributed by atoms with van der Waals surface area (Å²) < 4.78 is -1.27. The maximum absolute atomic E-state index is 9.94. The van der Waals surface area contributed by atoms with Crippen LogP contribution in [0.5, 0.6) is 0 Å². The van der Waals surface area contributed by atoms with Crippen LogP contribution in [0.1, 0.15) is 26.2 Å². The lowest BCUT2D eigenvalue weighted by atomic mass is 10.2. The summed E-state index contributed by atoms with van der Waals surface area (Å²) in [4.78, 5) is 9.94. The molecule has 0 bridgehead atoms. The van der Waals surface area contributed by atoms with Crippen molar-refractivity contribution in [3.63, 3.8) is 0 Å². The van der Waals surface area contributed by atoms with Gasteiger partial charge in [-0.25, -0.2) is 0 Å².